The number of nitrogens with zero attached hydrogens (tertiary/aromatic N) is 2. The van der Waals surface area contributed by atoms with Gasteiger partial charge in [0.15, 0.2) is 0 Å². The van der Waals surface area contributed by atoms with E-state index in [-0.39, 0.29) is 12.1 Å². The highest BCUT2D eigenvalue weighted by Gasteiger charge is 2.27. The summed E-state index contributed by atoms with van der Waals surface area (Å²) in [6.07, 6.45) is 5.46. The lowest BCUT2D eigenvalue weighted by atomic mass is 10.2. The van der Waals surface area contributed by atoms with Gasteiger partial charge in [-0.05, 0) is 19.3 Å². The largest absolute Gasteiger partial charge is 0.465 e. The second kappa shape index (κ2) is 4.02. The number of aromatic nitrogens is 2. The summed E-state index contributed by atoms with van der Waals surface area (Å²) in [5.41, 5.74) is 0.427. The van der Waals surface area contributed by atoms with Crippen LogP contribution in [0.4, 0.5) is 0 Å². The highest BCUT2D eigenvalue weighted by Crippen LogP contribution is 2.29. The SMILES string of the molecule is COC(=O)c1cnn(C2CCCC2O)c1. The first kappa shape index (κ1) is 10.2. The van der Waals surface area contributed by atoms with Crippen molar-refractivity contribution in [1.29, 1.82) is 0 Å². The van der Waals surface area contributed by atoms with Gasteiger partial charge in [-0.3, -0.25) is 4.68 Å². The Balaban J connectivity index is 2.16. The highest BCUT2D eigenvalue weighted by atomic mass is 16.5. The van der Waals surface area contributed by atoms with Crippen molar-refractivity contribution in [2.45, 2.75) is 31.4 Å². The van der Waals surface area contributed by atoms with Gasteiger partial charge >= 0.3 is 5.97 Å². The zero-order chi connectivity index (χ0) is 10.8. The van der Waals surface area contributed by atoms with Gasteiger partial charge in [0.25, 0.3) is 0 Å². The van der Waals surface area contributed by atoms with Gasteiger partial charge in [0, 0.05) is 6.20 Å². The number of rotatable bonds is 2. The number of esters is 1. The molecule has 1 aromatic heterocycles. The zero-order valence-corrected chi connectivity index (χ0v) is 8.59. The second-order valence-electron chi connectivity index (χ2n) is 3.77. The van der Waals surface area contributed by atoms with Crippen LogP contribution in [0.1, 0.15) is 35.7 Å². The van der Waals surface area contributed by atoms with E-state index in [1.165, 1.54) is 13.3 Å². The number of aliphatic hydroxyl groups is 1. The molecule has 1 aliphatic carbocycles. The fraction of sp³-hybridized carbons (Fsp3) is 0.600. The molecule has 2 rings (SSSR count). The van der Waals surface area contributed by atoms with Crippen LogP contribution in [0.3, 0.4) is 0 Å². The fourth-order valence-corrected chi connectivity index (χ4v) is 1.97. The van der Waals surface area contributed by atoms with Gasteiger partial charge in [0.05, 0.1) is 31.0 Å². The van der Waals surface area contributed by atoms with Crippen molar-refractivity contribution in [1.82, 2.24) is 9.78 Å². The summed E-state index contributed by atoms with van der Waals surface area (Å²) in [6.45, 7) is 0. The van der Waals surface area contributed by atoms with Crippen molar-refractivity contribution >= 4 is 5.97 Å². The summed E-state index contributed by atoms with van der Waals surface area (Å²) in [5, 5.41) is 13.7. The first-order chi connectivity index (χ1) is 7.22. The van der Waals surface area contributed by atoms with E-state index in [0.29, 0.717) is 5.56 Å². The Bertz CT molecular complexity index is 361. The Morgan fingerprint density at radius 1 is 1.67 bits per heavy atom. The van der Waals surface area contributed by atoms with Gasteiger partial charge in [-0.1, -0.05) is 0 Å². The molecule has 0 aliphatic heterocycles. The first-order valence-electron chi connectivity index (χ1n) is 5.03. The van der Waals surface area contributed by atoms with Gasteiger partial charge in [-0.15, -0.1) is 0 Å². The molecule has 1 aromatic rings. The summed E-state index contributed by atoms with van der Waals surface area (Å²) < 4.78 is 6.24. The molecule has 1 N–H and O–H groups in total. The van der Waals surface area contributed by atoms with E-state index in [0.717, 1.165) is 19.3 Å². The van der Waals surface area contributed by atoms with Crippen LogP contribution in [0.2, 0.25) is 0 Å². The van der Waals surface area contributed by atoms with Crippen molar-refractivity contribution in [2.24, 2.45) is 0 Å². The van der Waals surface area contributed by atoms with E-state index in [1.54, 1.807) is 10.9 Å². The predicted molar refractivity (Wildman–Crippen MR) is 52.5 cm³/mol. The van der Waals surface area contributed by atoms with E-state index < -0.39 is 5.97 Å². The quantitative estimate of drug-likeness (QED) is 0.732. The average molecular weight is 210 g/mol. The lowest BCUT2D eigenvalue weighted by molar-refractivity contribution is 0.0600. The lowest BCUT2D eigenvalue weighted by Crippen LogP contribution is -2.18. The second-order valence-corrected chi connectivity index (χ2v) is 3.77. The van der Waals surface area contributed by atoms with E-state index in [9.17, 15) is 9.90 Å². The summed E-state index contributed by atoms with van der Waals surface area (Å²) in [5.74, 6) is -0.395. The molecule has 5 nitrogen and oxygen atoms in total. The molecular formula is C10H14N2O3. The van der Waals surface area contributed by atoms with Gasteiger partial charge < -0.3 is 9.84 Å². The van der Waals surface area contributed by atoms with Crippen LogP contribution < -0.4 is 0 Å². The monoisotopic (exact) mass is 210 g/mol. The summed E-state index contributed by atoms with van der Waals surface area (Å²) in [4.78, 5) is 11.2. The van der Waals surface area contributed by atoms with Crippen molar-refractivity contribution in [3.05, 3.63) is 18.0 Å². The molecule has 2 unspecified atom stereocenters. The van der Waals surface area contributed by atoms with Crippen LogP contribution >= 0.6 is 0 Å². The van der Waals surface area contributed by atoms with Crippen molar-refractivity contribution in [2.75, 3.05) is 7.11 Å². The van der Waals surface area contributed by atoms with Crippen LogP contribution in [0.15, 0.2) is 12.4 Å². The van der Waals surface area contributed by atoms with E-state index in [1.807, 2.05) is 0 Å². The lowest BCUT2D eigenvalue weighted by Gasteiger charge is -2.14. The highest BCUT2D eigenvalue weighted by molar-refractivity contribution is 5.88. The molecule has 15 heavy (non-hydrogen) atoms. The van der Waals surface area contributed by atoms with Crippen LogP contribution in [-0.4, -0.2) is 34.1 Å². The number of aliphatic hydroxyl groups excluding tert-OH is 1. The molecule has 0 spiro atoms. The molecule has 0 amide bonds. The molecule has 1 aliphatic rings. The molecule has 5 heteroatoms. The number of carbonyl (C=O) groups excluding carboxylic acids is 1. The number of carbonyl (C=O) groups is 1. The summed E-state index contributed by atoms with van der Waals surface area (Å²) >= 11 is 0. The molecule has 0 aromatic carbocycles. The summed E-state index contributed by atoms with van der Waals surface area (Å²) in [6, 6.07) is 0.00315. The fourth-order valence-electron chi connectivity index (χ4n) is 1.97. The van der Waals surface area contributed by atoms with E-state index in [2.05, 4.69) is 9.84 Å². The molecule has 1 heterocycles. The van der Waals surface area contributed by atoms with Crippen molar-refractivity contribution < 1.29 is 14.6 Å². The third-order valence-corrected chi connectivity index (χ3v) is 2.81. The van der Waals surface area contributed by atoms with Crippen molar-refractivity contribution in [3.8, 4) is 0 Å². The predicted octanol–water partition coefficient (Wildman–Crippen LogP) is 0.756. The van der Waals surface area contributed by atoms with Crippen LogP contribution in [0.25, 0.3) is 0 Å². The first-order valence-corrected chi connectivity index (χ1v) is 5.03. The normalized spacial score (nSPS) is 25.5. The third-order valence-electron chi connectivity index (χ3n) is 2.81. The van der Waals surface area contributed by atoms with Gasteiger partial charge in [-0.2, -0.15) is 5.10 Å². The maximum atomic E-state index is 11.2. The minimum atomic E-state index is -0.395. The molecule has 0 bridgehead atoms. The van der Waals surface area contributed by atoms with Crippen LogP contribution in [0, 0.1) is 0 Å². The summed E-state index contributed by atoms with van der Waals surface area (Å²) in [7, 11) is 1.34. The Morgan fingerprint density at radius 3 is 3.07 bits per heavy atom. The molecule has 0 radical (unpaired) electrons. The third kappa shape index (κ3) is 1.87. The number of hydrogen-bond donors (Lipinski definition) is 1. The van der Waals surface area contributed by atoms with Gasteiger partial charge in [-0.25, -0.2) is 4.79 Å². The minimum Gasteiger partial charge on any atom is -0.465 e. The van der Waals surface area contributed by atoms with Crippen molar-refractivity contribution in [3.63, 3.8) is 0 Å². The molecule has 1 fully saturated rings. The van der Waals surface area contributed by atoms with E-state index >= 15 is 0 Å². The molecule has 1 saturated carbocycles. The Morgan fingerprint density at radius 2 is 2.47 bits per heavy atom. The molecule has 2 atom stereocenters. The number of ether oxygens (including phenoxy) is 1. The Labute approximate surface area is 87.7 Å². The number of methoxy groups -OCH3 is 1. The van der Waals surface area contributed by atoms with Crippen LogP contribution in [0.5, 0.6) is 0 Å². The zero-order valence-electron chi connectivity index (χ0n) is 8.59. The number of hydrogen-bond acceptors (Lipinski definition) is 4. The van der Waals surface area contributed by atoms with Crippen LogP contribution in [-0.2, 0) is 4.74 Å². The Hall–Kier alpha value is -1.36. The van der Waals surface area contributed by atoms with Gasteiger partial charge in [0.1, 0.15) is 0 Å². The van der Waals surface area contributed by atoms with Gasteiger partial charge in [0.2, 0.25) is 0 Å². The minimum absolute atomic E-state index is 0.00315. The average Bonchev–Trinajstić information content (AvgIpc) is 2.84. The maximum absolute atomic E-state index is 11.2. The Kier molecular flexibility index (Phi) is 2.73. The van der Waals surface area contributed by atoms with E-state index in [4.69, 9.17) is 0 Å². The molecule has 0 saturated heterocycles. The molecular weight excluding hydrogens is 196 g/mol. The maximum Gasteiger partial charge on any atom is 0.341 e. The molecule has 82 valence electrons. The topological polar surface area (TPSA) is 64.3 Å². The standard InChI is InChI=1S/C10H14N2O3/c1-15-10(14)7-5-11-12(6-7)8-3-2-4-9(8)13/h5-6,8-9,13H,2-4H2,1H3. The smallest absolute Gasteiger partial charge is 0.341 e.